The largest absolute Gasteiger partial charge is 0.451 e. The maximum absolute atomic E-state index is 13.6. The Balaban J connectivity index is 1.23. The normalized spacial score (nSPS) is 23.3. The van der Waals surface area contributed by atoms with Gasteiger partial charge in [-0.15, -0.1) is 0 Å². The van der Waals surface area contributed by atoms with Crippen molar-refractivity contribution >= 4 is 51.2 Å². The van der Waals surface area contributed by atoms with Crippen molar-refractivity contribution < 1.29 is 23.7 Å². The number of nitrogens with zero attached hydrogens (tertiary/aromatic N) is 3. The van der Waals surface area contributed by atoms with Crippen LogP contribution in [0.25, 0.3) is 22.2 Å². The lowest BCUT2D eigenvalue weighted by Gasteiger charge is -2.29. The molecule has 8 nitrogen and oxygen atoms in total. The monoisotopic (exact) mass is 707 g/mol. The molecule has 2 aliphatic rings. The van der Waals surface area contributed by atoms with Gasteiger partial charge in [-0.1, -0.05) is 66.2 Å². The van der Waals surface area contributed by atoms with Gasteiger partial charge in [-0.25, -0.2) is 14.8 Å². The van der Waals surface area contributed by atoms with Gasteiger partial charge in [0.1, 0.15) is 34.0 Å². The van der Waals surface area contributed by atoms with Crippen molar-refractivity contribution in [3.05, 3.63) is 117 Å². The minimum Gasteiger partial charge on any atom is -0.451 e. The first-order chi connectivity index (χ1) is 20.8. The molecule has 3 aromatic carbocycles. The third kappa shape index (κ3) is 5.44. The van der Waals surface area contributed by atoms with Crippen molar-refractivity contribution in [2.45, 2.75) is 50.3 Å². The predicted octanol–water partition coefficient (Wildman–Crippen LogP) is 7.37. The molecule has 2 fully saturated rings. The van der Waals surface area contributed by atoms with Gasteiger partial charge in [0.15, 0.2) is 18.1 Å². The summed E-state index contributed by atoms with van der Waals surface area (Å²) in [7, 11) is 0. The fourth-order valence-electron chi connectivity index (χ4n) is 5.81. The van der Waals surface area contributed by atoms with E-state index in [1.807, 2.05) is 85.3 Å². The minimum atomic E-state index is -0.871. The summed E-state index contributed by atoms with van der Waals surface area (Å²) < 4.78 is 28.6. The Kier molecular flexibility index (Phi) is 7.46. The molecule has 0 radical (unpaired) electrons. The lowest BCUT2D eigenvalue weighted by Crippen LogP contribution is -2.36. The molecule has 2 saturated heterocycles. The Hall–Kier alpha value is -3.35. The van der Waals surface area contributed by atoms with Gasteiger partial charge in [0.05, 0.1) is 10.9 Å². The third-order valence-corrected chi connectivity index (χ3v) is 8.87. The molecule has 0 amide bonds. The number of halogens is 2. The molecule has 218 valence electrons. The number of hydrogen-bond acceptors (Lipinski definition) is 7. The van der Waals surface area contributed by atoms with E-state index >= 15 is 0 Å². The summed E-state index contributed by atoms with van der Waals surface area (Å²) in [6, 6.07) is 26.5. The van der Waals surface area contributed by atoms with E-state index in [4.69, 9.17) is 30.5 Å². The van der Waals surface area contributed by atoms with E-state index < -0.39 is 42.4 Å². The number of rotatable bonds is 6. The lowest BCUT2D eigenvalue weighted by atomic mass is 9.98. The standard InChI is InChI=1S/C33H27ClIN3O5/c1-33(2)42-27-26(40-31(28(27)43-33)38-17-16-24-29(35)36-18-37-30(24)38)25(21-12-14-23(34)15-13-21)41-32(39)22-10-8-20(9-11-22)19-6-4-3-5-7-19/h3-18,25-28,31H,1-2H3/t25-,26-,27-,28-,31-/m1/s1. The van der Waals surface area contributed by atoms with Crippen LogP contribution in [0.15, 0.2) is 97.5 Å². The van der Waals surface area contributed by atoms with Gasteiger partial charge in [-0.2, -0.15) is 0 Å². The highest BCUT2D eigenvalue weighted by molar-refractivity contribution is 14.1. The van der Waals surface area contributed by atoms with Crippen molar-refractivity contribution in [3.63, 3.8) is 0 Å². The van der Waals surface area contributed by atoms with E-state index in [9.17, 15) is 4.79 Å². The maximum Gasteiger partial charge on any atom is 0.338 e. The van der Waals surface area contributed by atoms with E-state index in [1.165, 1.54) is 6.33 Å². The van der Waals surface area contributed by atoms with E-state index in [-0.39, 0.29) is 0 Å². The Morgan fingerprint density at radius 3 is 2.37 bits per heavy atom. The Morgan fingerprint density at radius 2 is 1.63 bits per heavy atom. The van der Waals surface area contributed by atoms with E-state index in [1.54, 1.807) is 24.3 Å². The minimum absolute atomic E-state index is 0.427. The zero-order chi connectivity index (χ0) is 29.7. The summed E-state index contributed by atoms with van der Waals surface area (Å²) >= 11 is 8.42. The highest BCUT2D eigenvalue weighted by Gasteiger charge is 2.59. The summed E-state index contributed by atoms with van der Waals surface area (Å²) in [5.74, 6) is -1.35. The van der Waals surface area contributed by atoms with Gasteiger partial charge >= 0.3 is 5.97 Å². The molecule has 10 heteroatoms. The fourth-order valence-corrected chi connectivity index (χ4v) is 6.48. The molecule has 43 heavy (non-hydrogen) atoms. The van der Waals surface area contributed by atoms with Gasteiger partial charge in [-0.05, 0) is 83.5 Å². The number of fused-ring (bicyclic) bond motifs is 2. The zero-order valence-electron chi connectivity index (χ0n) is 23.3. The smallest absolute Gasteiger partial charge is 0.338 e. The number of aromatic nitrogens is 3. The molecule has 0 spiro atoms. The van der Waals surface area contributed by atoms with Gasteiger partial charge in [0, 0.05) is 11.2 Å². The molecule has 4 heterocycles. The highest BCUT2D eigenvalue weighted by atomic mass is 127. The van der Waals surface area contributed by atoms with Crippen molar-refractivity contribution in [1.29, 1.82) is 0 Å². The molecule has 0 N–H and O–H groups in total. The Bertz CT molecular complexity index is 1780. The predicted molar refractivity (Wildman–Crippen MR) is 169 cm³/mol. The number of hydrogen-bond donors (Lipinski definition) is 0. The van der Waals surface area contributed by atoms with Crippen LogP contribution in [0.3, 0.4) is 0 Å². The second-order valence-electron chi connectivity index (χ2n) is 11.0. The Morgan fingerprint density at radius 1 is 0.930 bits per heavy atom. The van der Waals surface area contributed by atoms with Crippen molar-refractivity contribution in [2.75, 3.05) is 0 Å². The van der Waals surface area contributed by atoms with Gasteiger partial charge in [0.25, 0.3) is 0 Å². The summed E-state index contributed by atoms with van der Waals surface area (Å²) in [6.45, 7) is 3.74. The second kappa shape index (κ2) is 11.3. The lowest BCUT2D eigenvalue weighted by molar-refractivity contribution is -0.207. The van der Waals surface area contributed by atoms with Gasteiger partial charge < -0.3 is 23.5 Å². The van der Waals surface area contributed by atoms with Gasteiger partial charge in [-0.3, -0.25) is 0 Å². The first-order valence-corrected chi connectivity index (χ1v) is 15.3. The maximum atomic E-state index is 13.6. The van der Waals surface area contributed by atoms with Crippen LogP contribution >= 0.6 is 34.2 Å². The molecule has 2 aliphatic heterocycles. The average Bonchev–Trinajstić information content (AvgIpc) is 3.68. The first kappa shape index (κ1) is 28.4. The van der Waals surface area contributed by atoms with Crippen LogP contribution in [0.5, 0.6) is 0 Å². The van der Waals surface area contributed by atoms with Crippen LogP contribution in [-0.4, -0.2) is 44.6 Å². The average molecular weight is 708 g/mol. The quantitative estimate of drug-likeness (QED) is 0.104. The van der Waals surface area contributed by atoms with E-state index in [0.717, 1.165) is 31.4 Å². The Labute approximate surface area is 267 Å². The molecule has 7 rings (SSSR count). The van der Waals surface area contributed by atoms with Crippen LogP contribution in [-0.2, 0) is 18.9 Å². The number of carbonyl (C=O) groups is 1. The molecule has 0 bridgehead atoms. The topological polar surface area (TPSA) is 84.7 Å². The number of ether oxygens (including phenoxy) is 4. The van der Waals surface area contributed by atoms with Gasteiger partial charge in [0.2, 0.25) is 0 Å². The third-order valence-electron chi connectivity index (χ3n) is 7.76. The summed E-state index contributed by atoms with van der Waals surface area (Å²) in [5, 5.41) is 1.48. The second-order valence-corrected chi connectivity index (χ2v) is 12.5. The summed E-state index contributed by atoms with van der Waals surface area (Å²) in [5.41, 5.74) is 3.95. The summed E-state index contributed by atoms with van der Waals surface area (Å²) in [4.78, 5) is 22.5. The van der Waals surface area contributed by atoms with Crippen molar-refractivity contribution in [1.82, 2.24) is 14.5 Å². The molecular formula is C33H27ClIN3O5. The first-order valence-electron chi connectivity index (χ1n) is 13.9. The van der Waals surface area contributed by atoms with E-state index in [2.05, 4.69) is 32.6 Å². The van der Waals surface area contributed by atoms with Crippen molar-refractivity contribution in [3.8, 4) is 11.1 Å². The van der Waals surface area contributed by atoms with Crippen LogP contribution in [0, 0.1) is 3.70 Å². The fraction of sp³-hybridized carbons (Fsp3) is 0.242. The van der Waals surface area contributed by atoms with E-state index in [0.29, 0.717) is 10.6 Å². The number of esters is 1. The summed E-state index contributed by atoms with van der Waals surface area (Å²) in [6.07, 6.45) is 0.335. The number of benzene rings is 3. The highest BCUT2D eigenvalue weighted by Crippen LogP contribution is 2.48. The van der Waals surface area contributed by atoms with Crippen LogP contribution < -0.4 is 0 Å². The van der Waals surface area contributed by atoms with Crippen LogP contribution in [0.4, 0.5) is 0 Å². The molecule has 0 unspecified atom stereocenters. The molecule has 0 aliphatic carbocycles. The molecular weight excluding hydrogens is 681 g/mol. The molecule has 2 aromatic heterocycles. The van der Waals surface area contributed by atoms with Crippen LogP contribution in [0.1, 0.15) is 42.1 Å². The molecule has 0 saturated carbocycles. The molecule has 5 atom stereocenters. The SMILES string of the molecule is CC1(C)O[C@H]2[C@@H](O1)[C@H](n1ccc3c(I)ncnc31)O[C@@H]2[C@H](OC(=O)c1ccc(-c2ccccc2)cc1)c1ccc(Cl)cc1. The van der Waals surface area contributed by atoms with Crippen LogP contribution in [0.2, 0.25) is 5.02 Å². The zero-order valence-corrected chi connectivity index (χ0v) is 26.2. The molecule has 5 aromatic rings. The number of carbonyl (C=O) groups excluding carboxylic acids is 1. The van der Waals surface area contributed by atoms with Crippen molar-refractivity contribution in [2.24, 2.45) is 0 Å².